The van der Waals surface area contributed by atoms with E-state index < -0.39 is 32.3 Å². The van der Waals surface area contributed by atoms with Gasteiger partial charge in [0.25, 0.3) is 0 Å². The first-order valence-corrected chi connectivity index (χ1v) is 6.72. The Hall–Kier alpha value is -1.25. The summed E-state index contributed by atoms with van der Waals surface area (Å²) in [4.78, 5) is 33.8. The molecule has 10 heteroatoms. The van der Waals surface area contributed by atoms with E-state index in [9.17, 15) is 9.36 Å². The van der Waals surface area contributed by atoms with Gasteiger partial charge in [-0.05, 0) is 0 Å². The van der Waals surface area contributed by atoms with E-state index in [4.69, 9.17) is 25.4 Å². The molecule has 1 aromatic heterocycles. The highest BCUT2D eigenvalue weighted by molar-refractivity contribution is 7.51. The zero-order chi connectivity index (χ0) is 13.8. The third-order valence-electron chi connectivity index (χ3n) is 2.05. The van der Waals surface area contributed by atoms with Crippen molar-refractivity contribution in [3.63, 3.8) is 0 Å². The third-order valence-corrected chi connectivity index (χ3v) is 2.54. The Morgan fingerprint density at radius 3 is 2.72 bits per heavy atom. The van der Waals surface area contributed by atoms with E-state index in [1.807, 2.05) is 0 Å². The quantitative estimate of drug-likeness (QED) is 0.389. The molecule has 0 aliphatic rings. The predicted molar refractivity (Wildman–Crippen MR) is 61.8 cm³/mol. The summed E-state index contributed by atoms with van der Waals surface area (Å²) >= 11 is 0. The Bertz CT molecular complexity index is 498. The van der Waals surface area contributed by atoms with Crippen molar-refractivity contribution in [1.29, 1.82) is 0 Å². The molecule has 0 saturated carbocycles. The number of nitrogens with two attached hydrogens (primary N) is 1. The Balaban J connectivity index is 2.68. The van der Waals surface area contributed by atoms with E-state index >= 15 is 0 Å². The number of hydrogen-bond donors (Lipinski definition) is 5. The summed E-state index contributed by atoms with van der Waals surface area (Å²) in [6, 6.07) is 0. The van der Waals surface area contributed by atoms with E-state index in [-0.39, 0.29) is 12.2 Å². The number of nitrogen functional groups attached to an aromatic ring is 1. The number of aliphatic hydroxyl groups excluding tert-OH is 1. The summed E-state index contributed by atoms with van der Waals surface area (Å²) in [6.45, 7) is -0.446. The summed E-state index contributed by atoms with van der Waals surface area (Å²) in [6.07, 6.45) is -0.341. The van der Waals surface area contributed by atoms with Crippen LogP contribution < -0.4 is 11.4 Å². The number of nitrogens with zero attached hydrogens (tertiary/aromatic N) is 1. The summed E-state index contributed by atoms with van der Waals surface area (Å²) in [5.74, 6) is 0.0771. The SMILES string of the molecule is Nc1[nH]c(=O)ncc1C[C@@H](CO)OCP(=O)(O)O. The molecule has 1 rings (SSSR count). The van der Waals surface area contributed by atoms with Gasteiger partial charge in [-0.2, -0.15) is 0 Å². The second-order valence-electron chi connectivity index (χ2n) is 3.60. The minimum absolute atomic E-state index is 0.0755. The van der Waals surface area contributed by atoms with Crippen LogP contribution in [0.25, 0.3) is 0 Å². The molecule has 1 atom stereocenters. The second-order valence-corrected chi connectivity index (χ2v) is 5.18. The lowest BCUT2D eigenvalue weighted by atomic mass is 10.1. The first kappa shape index (κ1) is 14.8. The van der Waals surface area contributed by atoms with Crippen LogP contribution in [0.5, 0.6) is 0 Å². The van der Waals surface area contributed by atoms with Gasteiger partial charge in [0.2, 0.25) is 0 Å². The highest BCUT2D eigenvalue weighted by atomic mass is 31.2. The fourth-order valence-electron chi connectivity index (χ4n) is 1.22. The summed E-state index contributed by atoms with van der Waals surface area (Å²) in [7, 11) is -4.30. The van der Waals surface area contributed by atoms with Crippen LogP contribution in [-0.2, 0) is 15.7 Å². The molecular formula is C8H14N3O6P. The van der Waals surface area contributed by atoms with Gasteiger partial charge in [-0.25, -0.2) is 9.78 Å². The molecule has 0 fully saturated rings. The van der Waals surface area contributed by atoms with E-state index in [1.165, 1.54) is 6.20 Å². The maximum Gasteiger partial charge on any atom is 0.350 e. The molecule has 102 valence electrons. The summed E-state index contributed by atoms with van der Waals surface area (Å²) in [5.41, 5.74) is 5.33. The normalized spacial score (nSPS) is 13.5. The van der Waals surface area contributed by atoms with Gasteiger partial charge in [-0.3, -0.25) is 9.55 Å². The molecule has 9 nitrogen and oxygen atoms in total. The van der Waals surface area contributed by atoms with Crippen LogP contribution >= 0.6 is 7.60 Å². The van der Waals surface area contributed by atoms with Gasteiger partial charge in [0.05, 0.1) is 12.7 Å². The van der Waals surface area contributed by atoms with E-state index in [2.05, 4.69) is 9.97 Å². The average molecular weight is 279 g/mol. The fourth-order valence-corrected chi connectivity index (χ4v) is 1.63. The number of nitrogens with one attached hydrogen (secondary N) is 1. The molecule has 1 aromatic rings. The van der Waals surface area contributed by atoms with Crippen LogP contribution in [0.15, 0.2) is 11.0 Å². The number of ether oxygens (including phenoxy) is 1. The number of aromatic nitrogens is 2. The van der Waals surface area contributed by atoms with Crippen molar-refractivity contribution in [3.8, 4) is 0 Å². The number of aliphatic hydroxyl groups is 1. The molecule has 0 aliphatic heterocycles. The number of hydrogen-bond acceptors (Lipinski definition) is 6. The predicted octanol–water partition coefficient (Wildman–Crippen LogP) is -1.59. The lowest BCUT2D eigenvalue weighted by Gasteiger charge is -2.16. The maximum atomic E-state index is 10.8. The van der Waals surface area contributed by atoms with Gasteiger partial charge in [-0.15, -0.1) is 0 Å². The maximum absolute atomic E-state index is 10.8. The molecule has 0 aromatic carbocycles. The van der Waals surface area contributed by atoms with Crippen molar-refractivity contribution >= 4 is 13.4 Å². The number of H-pyrrole nitrogens is 1. The lowest BCUT2D eigenvalue weighted by molar-refractivity contribution is 0.0308. The molecule has 6 N–H and O–H groups in total. The Kier molecular flexibility index (Phi) is 5.00. The summed E-state index contributed by atoms with van der Waals surface area (Å²) < 4.78 is 15.5. The zero-order valence-electron chi connectivity index (χ0n) is 9.31. The third kappa shape index (κ3) is 4.94. The average Bonchev–Trinajstić information content (AvgIpc) is 2.25. The van der Waals surface area contributed by atoms with Crippen LogP contribution in [0, 0.1) is 0 Å². The smallest absolute Gasteiger partial charge is 0.350 e. The number of rotatable bonds is 6. The van der Waals surface area contributed by atoms with Crippen molar-refractivity contribution in [3.05, 3.63) is 22.2 Å². The second kappa shape index (κ2) is 6.07. The molecule has 0 amide bonds. The van der Waals surface area contributed by atoms with Crippen molar-refractivity contribution < 1.29 is 24.2 Å². The first-order chi connectivity index (χ1) is 8.31. The highest BCUT2D eigenvalue weighted by Gasteiger charge is 2.18. The topological polar surface area (TPSA) is 159 Å². The van der Waals surface area contributed by atoms with Crippen molar-refractivity contribution in [2.45, 2.75) is 12.5 Å². The van der Waals surface area contributed by atoms with Gasteiger partial charge < -0.3 is 25.4 Å². The standard InChI is InChI=1S/C8H14N3O6P/c9-7-5(2-10-8(13)11-7)1-6(3-12)17-4-18(14,15)16/h2,6,12H,1,3-4H2,(H2,14,15,16)(H3,9,10,11,13)/t6-/m0/s1. The Morgan fingerprint density at radius 1 is 1.56 bits per heavy atom. The van der Waals surface area contributed by atoms with Crippen LogP contribution in [0.4, 0.5) is 5.82 Å². The molecule has 0 aliphatic carbocycles. The van der Waals surface area contributed by atoms with E-state index in [1.54, 1.807) is 0 Å². The molecular weight excluding hydrogens is 265 g/mol. The highest BCUT2D eigenvalue weighted by Crippen LogP contribution is 2.34. The largest absolute Gasteiger partial charge is 0.394 e. The number of anilines is 1. The minimum Gasteiger partial charge on any atom is -0.394 e. The van der Waals surface area contributed by atoms with Crippen molar-refractivity contribution in [2.24, 2.45) is 0 Å². The van der Waals surface area contributed by atoms with E-state index in [0.29, 0.717) is 5.56 Å². The molecule has 18 heavy (non-hydrogen) atoms. The van der Waals surface area contributed by atoms with Gasteiger partial charge in [0.1, 0.15) is 12.2 Å². The molecule has 0 unspecified atom stereocenters. The van der Waals surface area contributed by atoms with Crippen molar-refractivity contribution in [2.75, 3.05) is 18.7 Å². The molecule has 0 radical (unpaired) electrons. The summed E-state index contributed by atoms with van der Waals surface area (Å²) in [5, 5.41) is 9.02. The van der Waals surface area contributed by atoms with Gasteiger partial charge in [0.15, 0.2) is 0 Å². The Morgan fingerprint density at radius 2 is 2.22 bits per heavy atom. The molecule has 0 bridgehead atoms. The zero-order valence-corrected chi connectivity index (χ0v) is 10.2. The number of aromatic amines is 1. The lowest BCUT2D eigenvalue weighted by Crippen LogP contribution is -2.23. The monoisotopic (exact) mass is 279 g/mol. The van der Waals surface area contributed by atoms with Crippen LogP contribution in [0.1, 0.15) is 5.56 Å². The minimum atomic E-state index is -4.30. The molecule has 1 heterocycles. The van der Waals surface area contributed by atoms with Crippen LogP contribution in [0.3, 0.4) is 0 Å². The van der Waals surface area contributed by atoms with Gasteiger partial charge in [-0.1, -0.05) is 0 Å². The van der Waals surface area contributed by atoms with Gasteiger partial charge >= 0.3 is 13.3 Å². The first-order valence-electron chi connectivity index (χ1n) is 4.92. The fraction of sp³-hybridized carbons (Fsp3) is 0.500. The van der Waals surface area contributed by atoms with Crippen molar-refractivity contribution in [1.82, 2.24) is 9.97 Å². The Labute approximate surface area is 102 Å². The van der Waals surface area contributed by atoms with E-state index in [0.717, 1.165) is 0 Å². The van der Waals surface area contributed by atoms with Crippen LogP contribution in [-0.4, -0.2) is 43.9 Å². The molecule has 0 saturated heterocycles. The van der Waals surface area contributed by atoms with Gasteiger partial charge in [0, 0.05) is 18.2 Å². The molecule has 0 spiro atoms. The van der Waals surface area contributed by atoms with Crippen LogP contribution in [0.2, 0.25) is 0 Å².